The van der Waals surface area contributed by atoms with Crippen LogP contribution in [-0.4, -0.2) is 26.8 Å². The molecular formula is C22H13F4N5O2S. The van der Waals surface area contributed by atoms with Gasteiger partial charge >= 0.3 is 6.18 Å². The summed E-state index contributed by atoms with van der Waals surface area (Å²) in [6, 6.07) is 9.05. The van der Waals surface area contributed by atoms with E-state index in [1.807, 2.05) is 0 Å². The van der Waals surface area contributed by atoms with Crippen LogP contribution in [0.1, 0.15) is 26.4 Å². The first-order valence-corrected chi connectivity index (χ1v) is 10.4. The number of alkyl halides is 3. The van der Waals surface area contributed by atoms with E-state index < -0.39 is 35.1 Å². The predicted molar refractivity (Wildman–Crippen MR) is 117 cm³/mol. The fraction of sp³-hybridized carbons (Fsp3) is 0.0455. The van der Waals surface area contributed by atoms with E-state index in [4.69, 9.17) is 0 Å². The van der Waals surface area contributed by atoms with Gasteiger partial charge in [0.15, 0.2) is 10.8 Å². The molecule has 0 aliphatic heterocycles. The largest absolute Gasteiger partial charge is 0.418 e. The lowest BCUT2D eigenvalue weighted by atomic mass is 10.1. The summed E-state index contributed by atoms with van der Waals surface area (Å²) in [6.07, 6.45) is -1.84. The van der Waals surface area contributed by atoms with Gasteiger partial charge < -0.3 is 10.6 Å². The Bertz CT molecular complexity index is 1340. The Hall–Kier alpha value is -4.19. The van der Waals surface area contributed by atoms with Gasteiger partial charge in [-0.2, -0.15) is 13.2 Å². The topological polar surface area (TPSA) is 96.9 Å². The van der Waals surface area contributed by atoms with Crippen molar-refractivity contribution >= 4 is 34.5 Å². The summed E-state index contributed by atoms with van der Waals surface area (Å²) >= 11 is 1.07. The molecule has 0 atom stereocenters. The van der Waals surface area contributed by atoms with Crippen LogP contribution in [0.15, 0.2) is 66.3 Å². The van der Waals surface area contributed by atoms with Crippen LogP contribution in [0.25, 0.3) is 10.8 Å². The third-order valence-electron chi connectivity index (χ3n) is 4.43. The lowest BCUT2D eigenvalue weighted by molar-refractivity contribution is -0.136. The summed E-state index contributed by atoms with van der Waals surface area (Å²) in [7, 11) is 0. The van der Waals surface area contributed by atoms with Gasteiger partial charge in [-0.05, 0) is 48.5 Å². The third kappa shape index (κ3) is 5.23. The van der Waals surface area contributed by atoms with E-state index in [1.165, 1.54) is 36.0 Å². The SMILES string of the molecule is O=C(Nc1ccc(NC(=O)c2csc(-c3ncccn3)n2)c(C(F)(F)F)c1)c1ccc(F)cc1. The zero-order valence-electron chi connectivity index (χ0n) is 16.9. The first kappa shape index (κ1) is 23.0. The van der Waals surface area contributed by atoms with Crippen molar-refractivity contribution in [3.8, 4) is 10.8 Å². The number of hydrogen-bond acceptors (Lipinski definition) is 6. The van der Waals surface area contributed by atoms with Crippen molar-refractivity contribution in [2.24, 2.45) is 0 Å². The Morgan fingerprint density at radius 2 is 1.62 bits per heavy atom. The minimum Gasteiger partial charge on any atom is -0.322 e. The van der Waals surface area contributed by atoms with Crippen molar-refractivity contribution in [2.75, 3.05) is 10.6 Å². The Kier molecular flexibility index (Phi) is 6.32. The number of carbonyl (C=O) groups excluding carboxylic acids is 2. The monoisotopic (exact) mass is 487 g/mol. The minimum atomic E-state index is -4.83. The number of nitrogens with one attached hydrogen (secondary N) is 2. The molecule has 0 radical (unpaired) electrons. The maximum absolute atomic E-state index is 13.7. The molecule has 2 heterocycles. The molecule has 0 aliphatic carbocycles. The normalized spacial score (nSPS) is 11.2. The summed E-state index contributed by atoms with van der Waals surface area (Å²) in [4.78, 5) is 36.9. The van der Waals surface area contributed by atoms with E-state index >= 15 is 0 Å². The molecule has 34 heavy (non-hydrogen) atoms. The zero-order chi connectivity index (χ0) is 24.3. The molecule has 4 aromatic rings. The van der Waals surface area contributed by atoms with Gasteiger partial charge in [0.1, 0.15) is 11.5 Å². The van der Waals surface area contributed by atoms with Gasteiger partial charge in [-0.25, -0.2) is 19.3 Å². The second-order valence-corrected chi connectivity index (χ2v) is 7.64. The fourth-order valence-electron chi connectivity index (χ4n) is 2.85. The lowest BCUT2D eigenvalue weighted by Gasteiger charge is -2.15. The van der Waals surface area contributed by atoms with Crippen LogP contribution >= 0.6 is 11.3 Å². The molecule has 0 saturated carbocycles. The van der Waals surface area contributed by atoms with Crippen LogP contribution in [0.5, 0.6) is 0 Å². The third-order valence-corrected chi connectivity index (χ3v) is 5.27. The molecule has 7 nitrogen and oxygen atoms in total. The fourth-order valence-corrected chi connectivity index (χ4v) is 3.59. The molecule has 4 rings (SSSR count). The highest BCUT2D eigenvalue weighted by Crippen LogP contribution is 2.37. The minimum absolute atomic E-state index is 0.0640. The van der Waals surface area contributed by atoms with Crippen LogP contribution in [0, 0.1) is 5.82 Å². The number of benzene rings is 2. The van der Waals surface area contributed by atoms with Crippen LogP contribution in [-0.2, 0) is 6.18 Å². The van der Waals surface area contributed by atoms with Crippen LogP contribution in [0.3, 0.4) is 0 Å². The lowest BCUT2D eigenvalue weighted by Crippen LogP contribution is -2.18. The van der Waals surface area contributed by atoms with Crippen molar-refractivity contribution in [1.82, 2.24) is 15.0 Å². The first-order valence-electron chi connectivity index (χ1n) is 9.53. The van der Waals surface area contributed by atoms with Crippen molar-refractivity contribution in [3.05, 3.63) is 88.9 Å². The second kappa shape index (κ2) is 9.35. The van der Waals surface area contributed by atoms with Gasteiger partial charge in [-0.15, -0.1) is 11.3 Å². The first-order chi connectivity index (χ1) is 16.2. The molecule has 12 heteroatoms. The van der Waals surface area contributed by atoms with Gasteiger partial charge in [0.05, 0.1) is 11.3 Å². The van der Waals surface area contributed by atoms with Crippen LogP contribution < -0.4 is 10.6 Å². The number of carbonyl (C=O) groups is 2. The quantitative estimate of drug-likeness (QED) is 0.374. The molecular weight excluding hydrogens is 474 g/mol. The molecule has 0 saturated heterocycles. The average molecular weight is 487 g/mol. The number of halogens is 4. The van der Waals surface area contributed by atoms with Crippen molar-refractivity contribution in [2.45, 2.75) is 6.18 Å². The number of amides is 2. The van der Waals surface area contributed by atoms with E-state index in [0.717, 1.165) is 29.5 Å². The molecule has 0 unspecified atom stereocenters. The number of hydrogen-bond donors (Lipinski definition) is 2. The molecule has 2 aromatic carbocycles. The number of rotatable bonds is 5. The van der Waals surface area contributed by atoms with Gasteiger partial charge in [0.2, 0.25) is 0 Å². The standard InChI is InChI=1S/C22H13F4N5O2S/c23-13-4-2-12(3-5-13)19(32)29-14-6-7-16(15(10-14)22(24,25)26)30-20(33)17-11-34-21(31-17)18-27-8-1-9-28-18/h1-11H,(H,29,32)(H,30,33). The molecule has 0 aliphatic rings. The average Bonchev–Trinajstić information content (AvgIpc) is 3.31. The van der Waals surface area contributed by atoms with E-state index in [0.29, 0.717) is 11.1 Å². The van der Waals surface area contributed by atoms with Crippen molar-refractivity contribution in [3.63, 3.8) is 0 Å². The Labute approximate surface area is 193 Å². The highest BCUT2D eigenvalue weighted by Gasteiger charge is 2.34. The van der Waals surface area contributed by atoms with Crippen molar-refractivity contribution in [1.29, 1.82) is 0 Å². The maximum atomic E-state index is 13.7. The summed E-state index contributed by atoms with van der Waals surface area (Å²) in [5.41, 5.74) is -1.87. The van der Waals surface area contributed by atoms with E-state index in [1.54, 1.807) is 6.07 Å². The maximum Gasteiger partial charge on any atom is 0.418 e. The number of nitrogens with zero attached hydrogens (tertiary/aromatic N) is 3. The second-order valence-electron chi connectivity index (χ2n) is 6.78. The molecule has 0 bridgehead atoms. The number of aromatic nitrogens is 3. The number of thiazole rings is 1. The number of anilines is 2. The van der Waals surface area contributed by atoms with E-state index in [-0.39, 0.29) is 22.8 Å². The Balaban J connectivity index is 1.55. The van der Waals surface area contributed by atoms with Crippen LogP contribution in [0.4, 0.5) is 28.9 Å². The Morgan fingerprint density at radius 1 is 0.912 bits per heavy atom. The molecule has 0 spiro atoms. The highest BCUT2D eigenvalue weighted by atomic mass is 32.1. The van der Waals surface area contributed by atoms with Gasteiger partial charge in [-0.3, -0.25) is 9.59 Å². The van der Waals surface area contributed by atoms with E-state index in [9.17, 15) is 27.2 Å². The van der Waals surface area contributed by atoms with E-state index in [2.05, 4.69) is 25.6 Å². The van der Waals surface area contributed by atoms with Crippen LogP contribution in [0.2, 0.25) is 0 Å². The summed E-state index contributed by atoms with van der Waals surface area (Å²) in [5.74, 6) is -1.85. The predicted octanol–water partition coefficient (Wildman–Crippen LogP) is 5.26. The summed E-state index contributed by atoms with van der Waals surface area (Å²) in [5, 5.41) is 6.25. The van der Waals surface area contributed by atoms with Crippen molar-refractivity contribution < 1.29 is 27.2 Å². The Morgan fingerprint density at radius 3 is 2.29 bits per heavy atom. The smallest absolute Gasteiger partial charge is 0.322 e. The zero-order valence-corrected chi connectivity index (χ0v) is 17.7. The van der Waals surface area contributed by atoms with Gasteiger partial charge in [0, 0.05) is 29.0 Å². The molecule has 2 aromatic heterocycles. The van der Waals surface area contributed by atoms with Gasteiger partial charge in [0.25, 0.3) is 11.8 Å². The summed E-state index contributed by atoms with van der Waals surface area (Å²) in [6.45, 7) is 0. The molecule has 2 amide bonds. The molecule has 0 fully saturated rings. The highest BCUT2D eigenvalue weighted by molar-refractivity contribution is 7.13. The summed E-state index contributed by atoms with van der Waals surface area (Å²) < 4.78 is 54.0. The van der Waals surface area contributed by atoms with Gasteiger partial charge in [-0.1, -0.05) is 0 Å². The molecule has 2 N–H and O–H groups in total. The molecule has 172 valence electrons.